The first-order chi connectivity index (χ1) is 6.92. The largest absolute Gasteiger partial charge is 0.369 e. The third-order valence-corrected chi connectivity index (χ3v) is 3.33. The molecule has 0 aromatic carbocycles. The number of likely N-dealkylation sites (tertiary alicyclic amines) is 1. The van der Waals surface area contributed by atoms with Crippen LogP contribution in [0.15, 0.2) is 28.7 Å². The summed E-state index contributed by atoms with van der Waals surface area (Å²) < 4.78 is 0. The van der Waals surface area contributed by atoms with Crippen molar-refractivity contribution in [3.8, 4) is 0 Å². The molecule has 1 aromatic rings. The van der Waals surface area contributed by atoms with Crippen molar-refractivity contribution >= 4 is 23.8 Å². The molecule has 2 nitrogen and oxygen atoms in total. The predicted molar refractivity (Wildman–Crippen MR) is 62.7 cm³/mol. The maximum Gasteiger partial charge on any atom is 0.0726 e. The number of hydrogen-bond donors (Lipinski definition) is 0. The van der Waals surface area contributed by atoms with Crippen LogP contribution in [0.25, 0.3) is 5.70 Å². The number of aliphatic imine (C=N–C) groups is 1. The van der Waals surface area contributed by atoms with Crippen molar-refractivity contribution in [1.82, 2.24) is 4.90 Å². The van der Waals surface area contributed by atoms with Crippen molar-refractivity contribution in [3.05, 3.63) is 28.6 Å². The van der Waals surface area contributed by atoms with E-state index in [0.717, 1.165) is 13.1 Å². The molecule has 2 rings (SSSR count). The molecular formula is C11H14N2S. The van der Waals surface area contributed by atoms with Gasteiger partial charge in [-0.25, -0.2) is 0 Å². The number of hydrogen-bond acceptors (Lipinski definition) is 3. The summed E-state index contributed by atoms with van der Waals surface area (Å²) in [5.74, 6) is 0. The number of nitrogens with zero attached hydrogens (tertiary/aromatic N) is 2. The molecule has 0 aliphatic carbocycles. The van der Waals surface area contributed by atoms with Crippen molar-refractivity contribution in [2.24, 2.45) is 4.99 Å². The smallest absolute Gasteiger partial charge is 0.0726 e. The Morgan fingerprint density at radius 2 is 2.29 bits per heavy atom. The molecule has 0 atom stereocenters. The fourth-order valence-corrected chi connectivity index (χ4v) is 2.53. The monoisotopic (exact) mass is 206 g/mol. The molecule has 1 saturated heterocycles. The third kappa shape index (κ3) is 1.87. The third-order valence-electron chi connectivity index (χ3n) is 2.43. The molecule has 1 aliphatic rings. The molecule has 0 spiro atoms. The highest BCUT2D eigenvalue weighted by Crippen LogP contribution is 2.27. The van der Waals surface area contributed by atoms with Crippen LogP contribution in [0.3, 0.4) is 0 Å². The van der Waals surface area contributed by atoms with E-state index in [1.807, 2.05) is 6.20 Å². The van der Waals surface area contributed by atoms with Crippen LogP contribution >= 0.6 is 11.3 Å². The highest BCUT2D eigenvalue weighted by molar-refractivity contribution is 7.11. The molecule has 74 valence electrons. The molecule has 1 fully saturated rings. The Morgan fingerprint density at radius 3 is 2.86 bits per heavy atom. The van der Waals surface area contributed by atoms with Crippen LogP contribution in [0, 0.1) is 0 Å². The van der Waals surface area contributed by atoms with Crippen LogP contribution in [-0.4, -0.2) is 24.7 Å². The molecule has 1 aromatic heterocycles. The molecule has 0 unspecified atom stereocenters. The van der Waals surface area contributed by atoms with Gasteiger partial charge in [0.15, 0.2) is 0 Å². The Hall–Kier alpha value is -1.09. The summed E-state index contributed by atoms with van der Waals surface area (Å²) in [6.07, 6.45) is 4.46. The fraction of sp³-hybridized carbons (Fsp3) is 0.364. The first-order valence-corrected chi connectivity index (χ1v) is 5.74. The van der Waals surface area contributed by atoms with E-state index in [4.69, 9.17) is 0 Å². The zero-order valence-electron chi connectivity index (χ0n) is 8.15. The minimum Gasteiger partial charge on any atom is -0.369 e. The maximum atomic E-state index is 3.89. The molecule has 0 radical (unpaired) electrons. The minimum absolute atomic E-state index is 1.15. The van der Waals surface area contributed by atoms with Gasteiger partial charge in [-0.1, -0.05) is 6.07 Å². The Morgan fingerprint density at radius 1 is 1.50 bits per heavy atom. The van der Waals surface area contributed by atoms with Crippen molar-refractivity contribution in [1.29, 1.82) is 0 Å². The lowest BCUT2D eigenvalue weighted by Crippen LogP contribution is -2.16. The van der Waals surface area contributed by atoms with Gasteiger partial charge in [-0.05, 0) is 31.0 Å². The van der Waals surface area contributed by atoms with Crippen LogP contribution in [-0.2, 0) is 0 Å². The second kappa shape index (κ2) is 4.42. The fourth-order valence-electron chi connectivity index (χ4n) is 1.77. The summed E-state index contributed by atoms with van der Waals surface area (Å²) in [6.45, 7) is 5.84. The van der Waals surface area contributed by atoms with Gasteiger partial charge < -0.3 is 4.90 Å². The molecule has 3 heteroatoms. The summed E-state index contributed by atoms with van der Waals surface area (Å²) in [6, 6.07) is 4.22. The van der Waals surface area contributed by atoms with Crippen LogP contribution in [0.2, 0.25) is 0 Å². The average Bonchev–Trinajstić information content (AvgIpc) is 2.87. The van der Waals surface area contributed by atoms with Crippen LogP contribution in [0.4, 0.5) is 0 Å². The maximum absolute atomic E-state index is 3.89. The van der Waals surface area contributed by atoms with Crippen molar-refractivity contribution in [2.45, 2.75) is 12.8 Å². The lowest BCUT2D eigenvalue weighted by Gasteiger charge is -2.19. The van der Waals surface area contributed by atoms with Crippen molar-refractivity contribution in [3.63, 3.8) is 0 Å². The topological polar surface area (TPSA) is 15.6 Å². The number of rotatable bonds is 3. The molecular weight excluding hydrogens is 192 g/mol. The summed E-state index contributed by atoms with van der Waals surface area (Å²) in [7, 11) is 0. The summed E-state index contributed by atoms with van der Waals surface area (Å²) >= 11 is 1.76. The van der Waals surface area contributed by atoms with Gasteiger partial charge in [0.25, 0.3) is 0 Å². The normalized spacial score (nSPS) is 17.4. The quantitative estimate of drug-likeness (QED) is 0.694. The van der Waals surface area contributed by atoms with Crippen LogP contribution < -0.4 is 0 Å². The summed E-state index contributed by atoms with van der Waals surface area (Å²) in [5.41, 5.74) is 1.23. The predicted octanol–water partition coefficient (Wildman–Crippen LogP) is 2.84. The van der Waals surface area contributed by atoms with Gasteiger partial charge in [0, 0.05) is 13.1 Å². The Bertz CT molecular complexity index is 321. The zero-order chi connectivity index (χ0) is 9.80. The van der Waals surface area contributed by atoms with E-state index in [-0.39, 0.29) is 0 Å². The second-order valence-electron chi connectivity index (χ2n) is 3.37. The van der Waals surface area contributed by atoms with E-state index in [9.17, 15) is 0 Å². The Kier molecular flexibility index (Phi) is 2.99. The van der Waals surface area contributed by atoms with Gasteiger partial charge in [0.2, 0.25) is 0 Å². The van der Waals surface area contributed by atoms with Crippen molar-refractivity contribution < 1.29 is 0 Å². The van der Waals surface area contributed by atoms with E-state index in [1.165, 1.54) is 23.4 Å². The first kappa shape index (κ1) is 9.46. The van der Waals surface area contributed by atoms with Gasteiger partial charge in [0.05, 0.1) is 16.8 Å². The molecule has 0 bridgehead atoms. The summed E-state index contributed by atoms with van der Waals surface area (Å²) in [4.78, 5) is 7.57. The van der Waals surface area contributed by atoms with Crippen LogP contribution in [0.5, 0.6) is 0 Å². The number of thiophene rings is 1. The molecule has 0 saturated carbocycles. The Balaban J connectivity index is 2.24. The minimum atomic E-state index is 1.15. The second-order valence-corrected chi connectivity index (χ2v) is 4.32. The standard InChI is InChI=1S/C11H14N2S/c1-12-9-10(11-5-4-8-14-11)13-6-2-3-7-13/h4-5,8-9H,1-3,6-7H2/b10-9-. The molecule has 0 amide bonds. The molecule has 14 heavy (non-hydrogen) atoms. The van der Waals surface area contributed by atoms with Gasteiger partial charge >= 0.3 is 0 Å². The molecule has 1 aliphatic heterocycles. The van der Waals surface area contributed by atoms with E-state index in [2.05, 4.69) is 34.1 Å². The van der Waals surface area contributed by atoms with Gasteiger partial charge in [0.1, 0.15) is 0 Å². The highest BCUT2D eigenvalue weighted by Gasteiger charge is 2.16. The molecule has 0 N–H and O–H groups in total. The summed E-state index contributed by atoms with van der Waals surface area (Å²) in [5, 5.41) is 2.10. The Labute approximate surface area is 88.6 Å². The highest BCUT2D eigenvalue weighted by atomic mass is 32.1. The lowest BCUT2D eigenvalue weighted by molar-refractivity contribution is 0.493. The van der Waals surface area contributed by atoms with E-state index >= 15 is 0 Å². The lowest BCUT2D eigenvalue weighted by atomic mass is 10.3. The van der Waals surface area contributed by atoms with E-state index < -0.39 is 0 Å². The van der Waals surface area contributed by atoms with Gasteiger partial charge in [-0.2, -0.15) is 0 Å². The SMILES string of the molecule is C=N/C=C(/c1cccs1)N1CCCC1. The van der Waals surface area contributed by atoms with E-state index in [1.54, 1.807) is 11.3 Å². The van der Waals surface area contributed by atoms with E-state index in [0.29, 0.717) is 0 Å². The first-order valence-electron chi connectivity index (χ1n) is 4.86. The molecule has 2 heterocycles. The van der Waals surface area contributed by atoms with Gasteiger partial charge in [-0.3, -0.25) is 4.99 Å². The van der Waals surface area contributed by atoms with Crippen molar-refractivity contribution in [2.75, 3.05) is 13.1 Å². The zero-order valence-corrected chi connectivity index (χ0v) is 8.96. The average molecular weight is 206 g/mol. The van der Waals surface area contributed by atoms with Crippen LogP contribution in [0.1, 0.15) is 17.7 Å². The van der Waals surface area contributed by atoms with Gasteiger partial charge in [-0.15, -0.1) is 11.3 Å².